The first-order valence-corrected chi connectivity index (χ1v) is 11.9. The minimum absolute atomic E-state index is 0.0818. The van der Waals surface area contributed by atoms with Gasteiger partial charge in [0.1, 0.15) is 5.75 Å². The van der Waals surface area contributed by atoms with Gasteiger partial charge in [0.15, 0.2) is 5.16 Å². The van der Waals surface area contributed by atoms with Crippen LogP contribution in [0.25, 0.3) is 16.7 Å². The fourth-order valence-corrected chi connectivity index (χ4v) is 4.32. The summed E-state index contributed by atoms with van der Waals surface area (Å²) in [5, 5.41) is 3.61. The highest BCUT2D eigenvalue weighted by atomic mass is 32.2. The van der Waals surface area contributed by atoms with Crippen molar-refractivity contribution in [3.8, 4) is 11.4 Å². The molecule has 0 fully saturated rings. The van der Waals surface area contributed by atoms with Crippen LogP contribution in [0, 0.1) is 0 Å². The molecule has 0 saturated carbocycles. The maximum Gasteiger partial charge on any atom is 0.253 e. The van der Waals surface area contributed by atoms with Gasteiger partial charge < -0.3 is 15.0 Å². The van der Waals surface area contributed by atoms with E-state index in [9.17, 15) is 9.59 Å². The molecule has 0 spiro atoms. The van der Waals surface area contributed by atoms with Gasteiger partial charge in [-0.2, -0.15) is 0 Å². The Morgan fingerprint density at radius 1 is 1.00 bits per heavy atom. The molecule has 8 heteroatoms. The van der Waals surface area contributed by atoms with E-state index >= 15 is 0 Å². The fourth-order valence-electron chi connectivity index (χ4n) is 3.49. The van der Waals surface area contributed by atoms with Gasteiger partial charge in [0.25, 0.3) is 5.91 Å². The number of benzene rings is 3. The summed E-state index contributed by atoms with van der Waals surface area (Å²) in [6, 6.07) is 22.6. The lowest BCUT2D eigenvalue weighted by molar-refractivity contribution is -0.113. The van der Waals surface area contributed by atoms with Crippen molar-refractivity contribution in [2.24, 2.45) is 0 Å². The lowest BCUT2D eigenvalue weighted by Gasteiger charge is -2.11. The molecule has 2 amide bonds. The smallest absolute Gasteiger partial charge is 0.253 e. The van der Waals surface area contributed by atoms with Crippen LogP contribution in [0.5, 0.6) is 5.75 Å². The number of fused-ring (bicyclic) bond motifs is 1. The second kappa shape index (κ2) is 10.4. The third-order valence-corrected chi connectivity index (χ3v) is 6.03. The molecule has 3 aromatic carbocycles. The van der Waals surface area contributed by atoms with Gasteiger partial charge in [-0.3, -0.25) is 14.2 Å². The first-order valence-electron chi connectivity index (χ1n) is 10.9. The van der Waals surface area contributed by atoms with Crippen molar-refractivity contribution in [1.29, 1.82) is 0 Å². The summed E-state index contributed by atoms with van der Waals surface area (Å²) < 4.78 is 7.61. The van der Waals surface area contributed by atoms with Crippen molar-refractivity contribution in [2.75, 3.05) is 31.8 Å². The van der Waals surface area contributed by atoms with Crippen LogP contribution in [-0.4, -0.2) is 52.7 Å². The number of rotatable bonds is 8. The van der Waals surface area contributed by atoms with Crippen molar-refractivity contribution in [2.45, 2.75) is 12.1 Å². The van der Waals surface area contributed by atoms with E-state index in [1.807, 2.05) is 60.0 Å². The Morgan fingerprint density at radius 2 is 1.71 bits per heavy atom. The molecule has 0 radical (unpaired) electrons. The van der Waals surface area contributed by atoms with E-state index in [-0.39, 0.29) is 17.6 Å². The van der Waals surface area contributed by atoms with Gasteiger partial charge in [0.05, 0.1) is 23.4 Å². The minimum Gasteiger partial charge on any atom is -0.494 e. The highest BCUT2D eigenvalue weighted by Gasteiger charge is 2.15. The number of para-hydroxylation sites is 2. The molecular formula is C26H26N4O3S. The van der Waals surface area contributed by atoms with Gasteiger partial charge in [-0.15, -0.1) is 0 Å². The maximum absolute atomic E-state index is 12.6. The Hall–Kier alpha value is -3.78. The fraction of sp³-hybridized carbons (Fsp3) is 0.192. The largest absolute Gasteiger partial charge is 0.494 e. The van der Waals surface area contributed by atoms with Gasteiger partial charge in [-0.25, -0.2) is 4.98 Å². The molecule has 34 heavy (non-hydrogen) atoms. The molecule has 1 aromatic heterocycles. The zero-order valence-corrected chi connectivity index (χ0v) is 20.1. The molecule has 7 nitrogen and oxygen atoms in total. The Labute approximate surface area is 202 Å². The number of hydrogen-bond donors (Lipinski definition) is 1. The number of thioether (sulfide) groups is 1. The SMILES string of the molecule is CCOc1ccc(-n2c(SCC(=O)Nc3ccc(C(=O)N(C)C)cc3)nc3ccccc32)cc1. The number of carbonyl (C=O) groups is 2. The molecule has 0 saturated heterocycles. The first kappa shape index (κ1) is 23.4. The van der Waals surface area contributed by atoms with E-state index in [0.717, 1.165) is 27.6 Å². The molecule has 1 N–H and O–H groups in total. The molecule has 0 aliphatic carbocycles. The van der Waals surface area contributed by atoms with Gasteiger partial charge in [0.2, 0.25) is 5.91 Å². The Morgan fingerprint density at radius 3 is 2.38 bits per heavy atom. The molecule has 1 heterocycles. The van der Waals surface area contributed by atoms with Gasteiger partial charge in [-0.05, 0) is 67.6 Å². The summed E-state index contributed by atoms with van der Waals surface area (Å²) in [4.78, 5) is 30.9. The van der Waals surface area contributed by atoms with Crippen molar-refractivity contribution in [1.82, 2.24) is 14.5 Å². The summed E-state index contributed by atoms with van der Waals surface area (Å²) in [6.45, 7) is 2.56. The number of carbonyl (C=O) groups excluding carboxylic acids is 2. The lowest BCUT2D eigenvalue weighted by Crippen LogP contribution is -2.21. The van der Waals surface area contributed by atoms with Crippen molar-refractivity contribution < 1.29 is 14.3 Å². The molecule has 0 atom stereocenters. The van der Waals surface area contributed by atoms with Crippen molar-refractivity contribution in [3.05, 3.63) is 78.4 Å². The van der Waals surface area contributed by atoms with Crippen molar-refractivity contribution >= 4 is 40.3 Å². The predicted molar refractivity (Wildman–Crippen MR) is 136 cm³/mol. The number of hydrogen-bond acceptors (Lipinski definition) is 5. The Bertz CT molecular complexity index is 1300. The van der Waals surface area contributed by atoms with Crippen LogP contribution in [0.3, 0.4) is 0 Å². The molecule has 0 unspecified atom stereocenters. The number of anilines is 1. The number of aromatic nitrogens is 2. The first-order chi connectivity index (χ1) is 16.5. The summed E-state index contributed by atoms with van der Waals surface area (Å²) >= 11 is 1.37. The van der Waals surface area contributed by atoms with Gasteiger partial charge in [0, 0.05) is 31.0 Å². The van der Waals surface area contributed by atoms with Crippen LogP contribution in [0.4, 0.5) is 5.69 Å². The molecule has 0 aliphatic rings. The molecule has 174 valence electrons. The van der Waals surface area contributed by atoms with Crippen LogP contribution < -0.4 is 10.1 Å². The Kier molecular flexibility index (Phi) is 7.18. The minimum atomic E-state index is -0.151. The number of nitrogens with zero attached hydrogens (tertiary/aromatic N) is 3. The molecule has 0 bridgehead atoms. The molecule has 4 rings (SSSR count). The highest BCUT2D eigenvalue weighted by Crippen LogP contribution is 2.29. The maximum atomic E-state index is 12.6. The summed E-state index contributed by atoms with van der Waals surface area (Å²) in [5.74, 6) is 0.768. The monoisotopic (exact) mass is 474 g/mol. The third kappa shape index (κ3) is 5.23. The summed E-state index contributed by atoms with van der Waals surface area (Å²) in [5.41, 5.74) is 3.99. The van der Waals surface area contributed by atoms with Gasteiger partial charge in [-0.1, -0.05) is 23.9 Å². The number of imidazole rings is 1. The van der Waals surface area contributed by atoms with E-state index in [0.29, 0.717) is 17.9 Å². The number of amides is 2. The van der Waals surface area contributed by atoms with Crippen LogP contribution in [0.15, 0.2) is 78.0 Å². The van der Waals surface area contributed by atoms with E-state index in [1.54, 1.807) is 38.4 Å². The van der Waals surface area contributed by atoms with E-state index in [2.05, 4.69) is 5.32 Å². The molecule has 0 aliphatic heterocycles. The molecule has 4 aromatic rings. The van der Waals surface area contributed by atoms with Crippen LogP contribution in [0.2, 0.25) is 0 Å². The zero-order chi connectivity index (χ0) is 24.1. The molecular weight excluding hydrogens is 448 g/mol. The van der Waals surface area contributed by atoms with E-state index in [4.69, 9.17) is 9.72 Å². The lowest BCUT2D eigenvalue weighted by atomic mass is 10.2. The van der Waals surface area contributed by atoms with Crippen molar-refractivity contribution in [3.63, 3.8) is 0 Å². The Balaban J connectivity index is 1.49. The second-order valence-corrected chi connectivity index (χ2v) is 8.70. The predicted octanol–water partition coefficient (Wildman–Crippen LogP) is 4.86. The second-order valence-electron chi connectivity index (χ2n) is 7.76. The third-order valence-electron chi connectivity index (χ3n) is 5.09. The summed E-state index contributed by atoms with van der Waals surface area (Å²) in [7, 11) is 3.41. The van der Waals surface area contributed by atoms with Gasteiger partial charge >= 0.3 is 0 Å². The standard InChI is InChI=1S/C26H26N4O3S/c1-4-33-21-15-13-20(14-16-21)30-23-8-6-5-7-22(23)28-26(30)34-17-24(31)27-19-11-9-18(10-12-19)25(32)29(2)3/h5-16H,4,17H2,1-3H3,(H,27,31). The summed E-state index contributed by atoms with van der Waals surface area (Å²) in [6.07, 6.45) is 0. The van der Waals surface area contributed by atoms with Crippen LogP contribution in [0.1, 0.15) is 17.3 Å². The number of nitrogens with one attached hydrogen (secondary N) is 1. The van der Waals surface area contributed by atoms with E-state index in [1.165, 1.54) is 16.7 Å². The number of ether oxygens (including phenoxy) is 1. The normalized spacial score (nSPS) is 10.8. The zero-order valence-electron chi connectivity index (χ0n) is 19.3. The van der Waals surface area contributed by atoms with E-state index < -0.39 is 0 Å². The quantitative estimate of drug-likeness (QED) is 0.369. The topological polar surface area (TPSA) is 76.5 Å². The van der Waals surface area contributed by atoms with Crippen LogP contribution >= 0.6 is 11.8 Å². The highest BCUT2D eigenvalue weighted by molar-refractivity contribution is 7.99. The average Bonchev–Trinajstić information content (AvgIpc) is 3.22. The van der Waals surface area contributed by atoms with Crippen LogP contribution in [-0.2, 0) is 4.79 Å². The average molecular weight is 475 g/mol.